The van der Waals surface area contributed by atoms with E-state index in [9.17, 15) is 0 Å². The van der Waals surface area contributed by atoms with Crippen molar-refractivity contribution in [2.45, 2.75) is 52.6 Å². The van der Waals surface area contributed by atoms with Crippen LogP contribution in [0.15, 0.2) is 4.99 Å². The third-order valence-corrected chi connectivity index (χ3v) is 3.87. The van der Waals surface area contributed by atoms with E-state index in [2.05, 4.69) is 36.4 Å². The topological polar surface area (TPSA) is 54.9 Å². The van der Waals surface area contributed by atoms with Crippen LogP contribution in [0.4, 0.5) is 0 Å². The predicted molar refractivity (Wildman–Crippen MR) is 103 cm³/mol. The van der Waals surface area contributed by atoms with Crippen LogP contribution in [0.25, 0.3) is 0 Å². The van der Waals surface area contributed by atoms with E-state index in [1.807, 2.05) is 0 Å². The Morgan fingerprint density at radius 1 is 1.27 bits per heavy atom. The molecule has 0 saturated carbocycles. The quantitative estimate of drug-likeness (QED) is 0.244. The zero-order valence-electron chi connectivity index (χ0n) is 14.4. The van der Waals surface area contributed by atoms with E-state index in [-0.39, 0.29) is 24.0 Å². The molecule has 1 rings (SSSR count). The van der Waals surface area contributed by atoms with Crippen molar-refractivity contribution < 1.29 is 9.47 Å². The van der Waals surface area contributed by atoms with Crippen LogP contribution >= 0.6 is 24.0 Å². The highest BCUT2D eigenvalue weighted by Gasteiger charge is 2.14. The fraction of sp³-hybridized carbons (Fsp3) is 0.938. The van der Waals surface area contributed by atoms with Crippen molar-refractivity contribution in [2.75, 3.05) is 39.5 Å². The molecule has 22 heavy (non-hydrogen) atoms. The molecule has 0 spiro atoms. The van der Waals surface area contributed by atoms with Gasteiger partial charge in [-0.1, -0.05) is 26.7 Å². The molecule has 1 unspecified atom stereocenters. The van der Waals surface area contributed by atoms with E-state index in [1.165, 1.54) is 19.3 Å². The highest BCUT2D eigenvalue weighted by molar-refractivity contribution is 14.0. The van der Waals surface area contributed by atoms with E-state index in [0.717, 1.165) is 38.6 Å². The number of rotatable bonds is 10. The number of nitrogens with one attached hydrogen (secondary N) is 2. The fourth-order valence-corrected chi connectivity index (χ4v) is 2.34. The zero-order chi connectivity index (χ0) is 15.3. The highest BCUT2D eigenvalue weighted by Crippen LogP contribution is 2.11. The molecule has 0 radical (unpaired) electrons. The van der Waals surface area contributed by atoms with Crippen molar-refractivity contribution in [1.82, 2.24) is 10.6 Å². The molecule has 1 saturated heterocycles. The third kappa shape index (κ3) is 9.84. The number of hydrogen-bond acceptors (Lipinski definition) is 3. The number of hydrogen-bond donors (Lipinski definition) is 2. The summed E-state index contributed by atoms with van der Waals surface area (Å²) < 4.78 is 11.2. The maximum absolute atomic E-state index is 5.64. The predicted octanol–water partition coefficient (Wildman–Crippen LogP) is 2.79. The van der Waals surface area contributed by atoms with Gasteiger partial charge in [-0.05, 0) is 25.7 Å². The number of guanidine groups is 1. The summed E-state index contributed by atoms with van der Waals surface area (Å²) in [5.41, 5.74) is 0. The first-order valence-corrected chi connectivity index (χ1v) is 8.51. The third-order valence-electron chi connectivity index (χ3n) is 3.87. The molecule has 1 fully saturated rings. The smallest absolute Gasteiger partial charge is 0.191 e. The summed E-state index contributed by atoms with van der Waals surface area (Å²) in [5, 5.41) is 6.60. The lowest BCUT2D eigenvalue weighted by atomic mass is 10.0. The van der Waals surface area contributed by atoms with Crippen LogP contribution in [0.5, 0.6) is 0 Å². The fourth-order valence-electron chi connectivity index (χ4n) is 2.34. The van der Waals surface area contributed by atoms with Crippen molar-refractivity contribution in [1.29, 1.82) is 0 Å². The Hall–Kier alpha value is -0.0800. The Balaban J connectivity index is 0.00000441. The van der Waals surface area contributed by atoms with Crippen LogP contribution in [0, 0.1) is 5.92 Å². The van der Waals surface area contributed by atoms with E-state index in [1.54, 1.807) is 0 Å². The maximum Gasteiger partial charge on any atom is 0.191 e. The second kappa shape index (κ2) is 14.5. The van der Waals surface area contributed by atoms with Gasteiger partial charge in [0, 0.05) is 26.2 Å². The molecule has 1 aliphatic heterocycles. The van der Waals surface area contributed by atoms with Gasteiger partial charge < -0.3 is 20.1 Å². The molecule has 2 N–H and O–H groups in total. The summed E-state index contributed by atoms with van der Waals surface area (Å²) in [6, 6.07) is 0. The number of ether oxygens (including phenoxy) is 2. The average molecular weight is 427 g/mol. The SMILES string of the molecule is CCNC(=NCC(CC)CC)NCCOCC1CCCO1.I. The summed E-state index contributed by atoms with van der Waals surface area (Å²) in [6.45, 7) is 11.4. The van der Waals surface area contributed by atoms with Crippen molar-refractivity contribution in [2.24, 2.45) is 10.9 Å². The van der Waals surface area contributed by atoms with Gasteiger partial charge in [-0.3, -0.25) is 4.99 Å². The Morgan fingerprint density at radius 2 is 2.05 bits per heavy atom. The highest BCUT2D eigenvalue weighted by atomic mass is 127. The largest absolute Gasteiger partial charge is 0.377 e. The van der Waals surface area contributed by atoms with Crippen molar-refractivity contribution in [3.05, 3.63) is 0 Å². The van der Waals surface area contributed by atoms with Gasteiger partial charge in [0.2, 0.25) is 0 Å². The van der Waals surface area contributed by atoms with Crippen molar-refractivity contribution in [3.8, 4) is 0 Å². The molecule has 5 nitrogen and oxygen atoms in total. The van der Waals surface area contributed by atoms with Gasteiger partial charge in [-0.2, -0.15) is 0 Å². The van der Waals surface area contributed by atoms with Crippen LogP contribution in [0.2, 0.25) is 0 Å². The summed E-state index contributed by atoms with van der Waals surface area (Å²) in [6.07, 6.45) is 4.97. The van der Waals surface area contributed by atoms with E-state index in [4.69, 9.17) is 9.47 Å². The molecular formula is C16H34IN3O2. The van der Waals surface area contributed by atoms with E-state index >= 15 is 0 Å². The first-order valence-electron chi connectivity index (χ1n) is 8.51. The summed E-state index contributed by atoms with van der Waals surface area (Å²) >= 11 is 0. The van der Waals surface area contributed by atoms with Crippen molar-refractivity contribution in [3.63, 3.8) is 0 Å². The molecule has 0 bridgehead atoms. The minimum absolute atomic E-state index is 0. The lowest BCUT2D eigenvalue weighted by Crippen LogP contribution is -2.39. The Morgan fingerprint density at radius 3 is 2.64 bits per heavy atom. The lowest BCUT2D eigenvalue weighted by molar-refractivity contribution is 0.0191. The van der Waals surface area contributed by atoms with Crippen molar-refractivity contribution >= 4 is 29.9 Å². The monoisotopic (exact) mass is 427 g/mol. The lowest BCUT2D eigenvalue weighted by Gasteiger charge is -2.14. The molecule has 1 heterocycles. The van der Waals surface area contributed by atoms with E-state index < -0.39 is 0 Å². The minimum Gasteiger partial charge on any atom is -0.377 e. The minimum atomic E-state index is 0. The molecule has 1 atom stereocenters. The molecule has 1 aliphatic rings. The summed E-state index contributed by atoms with van der Waals surface area (Å²) in [5.74, 6) is 1.57. The van der Waals surface area contributed by atoms with Crippen LogP contribution < -0.4 is 10.6 Å². The Kier molecular flexibility index (Phi) is 14.5. The standard InChI is InChI=1S/C16H33N3O2.HI/c1-4-14(5-2)12-19-16(17-6-3)18-9-11-20-13-15-8-7-10-21-15;/h14-15H,4-13H2,1-3H3,(H2,17,18,19);1H. The zero-order valence-corrected chi connectivity index (χ0v) is 16.7. The Bertz CT molecular complexity index is 281. The van der Waals surface area contributed by atoms with Gasteiger partial charge in [0.05, 0.1) is 19.3 Å². The normalized spacial score (nSPS) is 18.4. The number of halogens is 1. The van der Waals surface area contributed by atoms with Gasteiger partial charge in [-0.15, -0.1) is 24.0 Å². The molecule has 0 aromatic rings. The Labute approximate surface area is 153 Å². The van der Waals surface area contributed by atoms with Crippen LogP contribution in [0.1, 0.15) is 46.5 Å². The van der Waals surface area contributed by atoms with Gasteiger partial charge in [0.1, 0.15) is 0 Å². The molecule has 132 valence electrons. The average Bonchev–Trinajstić information content (AvgIpc) is 3.01. The molecule has 0 aromatic heterocycles. The molecule has 6 heteroatoms. The van der Waals surface area contributed by atoms with Gasteiger partial charge >= 0.3 is 0 Å². The maximum atomic E-state index is 5.64. The van der Waals surface area contributed by atoms with Gasteiger partial charge in [0.25, 0.3) is 0 Å². The second-order valence-electron chi connectivity index (χ2n) is 5.54. The summed E-state index contributed by atoms with van der Waals surface area (Å²) in [7, 11) is 0. The molecule has 0 amide bonds. The van der Waals surface area contributed by atoms with Gasteiger partial charge in [-0.25, -0.2) is 0 Å². The number of aliphatic imine (C=N–C) groups is 1. The first-order chi connectivity index (χ1) is 10.3. The van der Waals surface area contributed by atoms with Crippen LogP contribution in [-0.2, 0) is 9.47 Å². The second-order valence-corrected chi connectivity index (χ2v) is 5.54. The number of nitrogens with zero attached hydrogens (tertiary/aromatic N) is 1. The summed E-state index contributed by atoms with van der Waals surface area (Å²) in [4.78, 5) is 4.64. The molecule has 0 aromatic carbocycles. The molecular weight excluding hydrogens is 393 g/mol. The first kappa shape index (κ1) is 21.9. The van der Waals surface area contributed by atoms with Gasteiger partial charge in [0.15, 0.2) is 5.96 Å². The molecule has 0 aliphatic carbocycles. The van der Waals surface area contributed by atoms with Crippen LogP contribution in [-0.4, -0.2) is 51.5 Å². The van der Waals surface area contributed by atoms with Crippen LogP contribution in [0.3, 0.4) is 0 Å². The van der Waals surface area contributed by atoms with E-state index in [0.29, 0.717) is 25.2 Å².